The zero-order valence-electron chi connectivity index (χ0n) is 13.9. The molecule has 1 N–H and O–H groups in total. The smallest absolute Gasteiger partial charge is 0.251 e. The van der Waals surface area contributed by atoms with Crippen LogP contribution in [0.3, 0.4) is 0 Å². The standard InChI is InChI=1S/C18H27NO3/c1-13(2)22-16-11-10-14(12-17(16)21-3)18(20)19-15-8-6-4-5-7-9-15/h10-13,15H,4-9H2,1-3H3,(H,19,20). The Morgan fingerprint density at radius 1 is 1.14 bits per heavy atom. The molecular formula is C18H27NO3. The molecule has 0 bridgehead atoms. The first-order valence-electron chi connectivity index (χ1n) is 8.25. The van der Waals surface area contributed by atoms with Crippen LogP contribution < -0.4 is 14.8 Å². The number of benzene rings is 1. The summed E-state index contributed by atoms with van der Waals surface area (Å²) in [6, 6.07) is 5.66. The van der Waals surface area contributed by atoms with Crippen molar-refractivity contribution in [1.82, 2.24) is 5.32 Å². The third-order valence-corrected chi connectivity index (χ3v) is 3.98. The van der Waals surface area contributed by atoms with Gasteiger partial charge < -0.3 is 14.8 Å². The van der Waals surface area contributed by atoms with Crippen molar-refractivity contribution in [1.29, 1.82) is 0 Å². The van der Waals surface area contributed by atoms with E-state index in [4.69, 9.17) is 9.47 Å². The quantitative estimate of drug-likeness (QED) is 0.838. The lowest BCUT2D eigenvalue weighted by molar-refractivity contribution is 0.0933. The van der Waals surface area contributed by atoms with Gasteiger partial charge in [-0.05, 0) is 44.9 Å². The molecule has 1 aromatic rings. The van der Waals surface area contributed by atoms with Gasteiger partial charge in [-0.25, -0.2) is 0 Å². The number of ether oxygens (including phenoxy) is 2. The number of methoxy groups -OCH3 is 1. The minimum Gasteiger partial charge on any atom is -0.493 e. The van der Waals surface area contributed by atoms with E-state index in [2.05, 4.69) is 5.32 Å². The Balaban J connectivity index is 2.05. The molecule has 1 aliphatic rings. The van der Waals surface area contributed by atoms with Gasteiger partial charge in [0.1, 0.15) is 0 Å². The molecule has 0 atom stereocenters. The SMILES string of the molecule is COc1cc(C(=O)NC2CCCCCC2)ccc1OC(C)C. The van der Waals surface area contributed by atoms with E-state index in [1.807, 2.05) is 13.8 Å². The van der Waals surface area contributed by atoms with Gasteiger partial charge in [0.2, 0.25) is 0 Å². The Hall–Kier alpha value is -1.71. The highest BCUT2D eigenvalue weighted by Gasteiger charge is 2.17. The lowest BCUT2D eigenvalue weighted by Crippen LogP contribution is -2.34. The lowest BCUT2D eigenvalue weighted by Gasteiger charge is -2.17. The number of rotatable bonds is 5. The predicted molar refractivity (Wildman–Crippen MR) is 87.7 cm³/mol. The fourth-order valence-corrected chi connectivity index (χ4v) is 2.85. The first-order chi connectivity index (χ1) is 10.6. The van der Waals surface area contributed by atoms with Gasteiger partial charge in [-0.2, -0.15) is 0 Å². The maximum atomic E-state index is 12.4. The number of carbonyl (C=O) groups is 1. The summed E-state index contributed by atoms with van der Waals surface area (Å²) in [6.45, 7) is 3.93. The summed E-state index contributed by atoms with van der Waals surface area (Å²) in [5.41, 5.74) is 0.622. The number of amides is 1. The molecule has 1 fully saturated rings. The van der Waals surface area contributed by atoms with Crippen molar-refractivity contribution in [3.05, 3.63) is 23.8 Å². The molecule has 2 rings (SSSR count). The molecule has 122 valence electrons. The number of hydrogen-bond acceptors (Lipinski definition) is 3. The summed E-state index contributed by atoms with van der Waals surface area (Å²) in [5, 5.41) is 3.15. The van der Waals surface area contributed by atoms with Crippen LogP contribution in [0, 0.1) is 0 Å². The van der Waals surface area contributed by atoms with Crippen LogP contribution in [-0.4, -0.2) is 25.2 Å². The van der Waals surface area contributed by atoms with Crippen LogP contribution in [0.2, 0.25) is 0 Å². The van der Waals surface area contributed by atoms with Gasteiger partial charge in [0.05, 0.1) is 13.2 Å². The van der Waals surface area contributed by atoms with Gasteiger partial charge in [-0.15, -0.1) is 0 Å². The van der Waals surface area contributed by atoms with E-state index in [1.165, 1.54) is 25.7 Å². The minimum atomic E-state index is -0.0266. The summed E-state index contributed by atoms with van der Waals surface area (Å²) < 4.78 is 11.0. The van der Waals surface area contributed by atoms with Crippen LogP contribution in [0.1, 0.15) is 62.7 Å². The van der Waals surface area contributed by atoms with Crippen molar-refractivity contribution >= 4 is 5.91 Å². The van der Waals surface area contributed by atoms with Crippen LogP contribution in [0.15, 0.2) is 18.2 Å². The Bertz CT molecular complexity index is 491. The molecule has 0 radical (unpaired) electrons. The fourth-order valence-electron chi connectivity index (χ4n) is 2.85. The van der Waals surface area contributed by atoms with E-state index < -0.39 is 0 Å². The van der Waals surface area contributed by atoms with Crippen molar-refractivity contribution in [3.8, 4) is 11.5 Å². The number of carbonyl (C=O) groups excluding carboxylic acids is 1. The van der Waals surface area contributed by atoms with E-state index in [1.54, 1.807) is 25.3 Å². The van der Waals surface area contributed by atoms with Crippen LogP contribution in [0.5, 0.6) is 11.5 Å². The maximum Gasteiger partial charge on any atom is 0.251 e. The monoisotopic (exact) mass is 305 g/mol. The van der Waals surface area contributed by atoms with Gasteiger partial charge in [0.25, 0.3) is 5.91 Å². The molecule has 1 aliphatic carbocycles. The third-order valence-electron chi connectivity index (χ3n) is 3.98. The van der Waals surface area contributed by atoms with E-state index in [0.717, 1.165) is 12.8 Å². The van der Waals surface area contributed by atoms with Gasteiger partial charge in [0, 0.05) is 11.6 Å². The van der Waals surface area contributed by atoms with Gasteiger partial charge in [-0.1, -0.05) is 25.7 Å². The van der Waals surface area contributed by atoms with Crippen LogP contribution >= 0.6 is 0 Å². The summed E-state index contributed by atoms with van der Waals surface area (Å²) in [7, 11) is 1.59. The van der Waals surface area contributed by atoms with E-state index in [0.29, 0.717) is 23.1 Å². The molecule has 0 heterocycles. The first-order valence-corrected chi connectivity index (χ1v) is 8.25. The molecular weight excluding hydrogens is 278 g/mol. The van der Waals surface area contributed by atoms with Gasteiger partial charge >= 0.3 is 0 Å². The van der Waals surface area contributed by atoms with Crippen LogP contribution in [-0.2, 0) is 0 Å². The summed E-state index contributed by atoms with van der Waals surface area (Å²) in [5.74, 6) is 1.24. The van der Waals surface area contributed by atoms with Crippen molar-refractivity contribution in [2.75, 3.05) is 7.11 Å². The lowest BCUT2D eigenvalue weighted by atomic mass is 10.1. The highest BCUT2D eigenvalue weighted by atomic mass is 16.5. The molecule has 22 heavy (non-hydrogen) atoms. The largest absolute Gasteiger partial charge is 0.493 e. The second-order valence-electron chi connectivity index (χ2n) is 6.19. The van der Waals surface area contributed by atoms with Crippen molar-refractivity contribution in [3.63, 3.8) is 0 Å². The zero-order chi connectivity index (χ0) is 15.9. The molecule has 0 saturated heterocycles. The molecule has 4 nitrogen and oxygen atoms in total. The van der Waals surface area contributed by atoms with Crippen LogP contribution in [0.25, 0.3) is 0 Å². The minimum absolute atomic E-state index is 0.0266. The number of nitrogens with one attached hydrogen (secondary N) is 1. The van der Waals surface area contributed by atoms with E-state index in [-0.39, 0.29) is 12.0 Å². The summed E-state index contributed by atoms with van der Waals surface area (Å²) >= 11 is 0. The van der Waals surface area contributed by atoms with Crippen LogP contribution in [0.4, 0.5) is 0 Å². The summed E-state index contributed by atoms with van der Waals surface area (Å²) in [4.78, 5) is 12.4. The molecule has 1 aromatic carbocycles. The molecule has 0 aliphatic heterocycles. The Morgan fingerprint density at radius 2 is 1.82 bits per heavy atom. The second-order valence-corrected chi connectivity index (χ2v) is 6.19. The first kappa shape index (κ1) is 16.7. The fraction of sp³-hybridized carbons (Fsp3) is 0.611. The summed E-state index contributed by atoms with van der Waals surface area (Å²) in [6.07, 6.45) is 7.20. The highest BCUT2D eigenvalue weighted by molar-refractivity contribution is 5.95. The Labute approximate surface area is 133 Å². The molecule has 1 saturated carbocycles. The van der Waals surface area contributed by atoms with Gasteiger partial charge in [0.15, 0.2) is 11.5 Å². The van der Waals surface area contributed by atoms with E-state index in [9.17, 15) is 4.79 Å². The average molecular weight is 305 g/mol. The molecule has 0 spiro atoms. The molecule has 1 amide bonds. The van der Waals surface area contributed by atoms with Crippen molar-refractivity contribution in [2.45, 2.75) is 64.5 Å². The average Bonchev–Trinajstić information content (AvgIpc) is 2.75. The normalized spacial score (nSPS) is 16.2. The van der Waals surface area contributed by atoms with Gasteiger partial charge in [-0.3, -0.25) is 4.79 Å². The van der Waals surface area contributed by atoms with E-state index >= 15 is 0 Å². The Morgan fingerprint density at radius 3 is 2.41 bits per heavy atom. The highest BCUT2D eigenvalue weighted by Crippen LogP contribution is 2.29. The van der Waals surface area contributed by atoms with Crippen molar-refractivity contribution in [2.24, 2.45) is 0 Å². The predicted octanol–water partition coefficient (Wildman–Crippen LogP) is 3.94. The topological polar surface area (TPSA) is 47.6 Å². The molecule has 0 unspecified atom stereocenters. The molecule has 0 aromatic heterocycles. The third kappa shape index (κ3) is 4.65. The second kappa shape index (κ2) is 8.06. The maximum absolute atomic E-state index is 12.4. The number of hydrogen-bond donors (Lipinski definition) is 1. The Kier molecular flexibility index (Phi) is 6.10. The zero-order valence-corrected chi connectivity index (χ0v) is 13.9. The molecule has 4 heteroatoms. The van der Waals surface area contributed by atoms with Crippen molar-refractivity contribution < 1.29 is 14.3 Å².